The topological polar surface area (TPSA) is 72.5 Å². The Bertz CT molecular complexity index is 669. The number of carbonyl (C=O) groups is 1. The van der Waals surface area contributed by atoms with Crippen LogP contribution in [0.1, 0.15) is 24.1 Å². The molecule has 0 bridgehead atoms. The number of fused-ring (bicyclic) bond motifs is 1. The van der Waals surface area contributed by atoms with Crippen molar-refractivity contribution >= 4 is 11.9 Å². The molecule has 1 saturated heterocycles. The predicted molar refractivity (Wildman–Crippen MR) is 93.4 cm³/mol. The molecular formula is C17H27N5O2. The summed E-state index contributed by atoms with van der Waals surface area (Å²) in [4.78, 5) is 37.5. The van der Waals surface area contributed by atoms with Crippen LogP contribution in [0.25, 0.3) is 0 Å². The third-order valence-corrected chi connectivity index (χ3v) is 5.10. The highest BCUT2D eigenvalue weighted by molar-refractivity contribution is 5.76. The van der Waals surface area contributed by atoms with Crippen molar-refractivity contribution in [2.45, 2.75) is 25.7 Å². The van der Waals surface area contributed by atoms with Crippen LogP contribution in [0, 0.1) is 5.92 Å². The number of hydrogen-bond acceptors (Lipinski definition) is 5. The van der Waals surface area contributed by atoms with Crippen molar-refractivity contribution in [3.63, 3.8) is 0 Å². The molecule has 0 saturated carbocycles. The van der Waals surface area contributed by atoms with Gasteiger partial charge < -0.3 is 14.7 Å². The summed E-state index contributed by atoms with van der Waals surface area (Å²) in [7, 11) is 5.65. The molecule has 1 aromatic heterocycles. The lowest BCUT2D eigenvalue weighted by molar-refractivity contribution is -0.133. The van der Waals surface area contributed by atoms with Crippen LogP contribution in [-0.4, -0.2) is 73.0 Å². The minimum atomic E-state index is -0.00598. The number of hydrogen-bond donors (Lipinski definition) is 1. The maximum Gasteiger partial charge on any atom is 0.255 e. The molecule has 1 fully saturated rings. The summed E-state index contributed by atoms with van der Waals surface area (Å²) in [6.45, 7) is 3.63. The van der Waals surface area contributed by atoms with Crippen molar-refractivity contribution in [3.8, 4) is 0 Å². The number of amides is 1. The third kappa shape index (κ3) is 3.61. The molecule has 1 N–H and O–H groups in total. The van der Waals surface area contributed by atoms with E-state index in [9.17, 15) is 9.59 Å². The second-order valence-electron chi connectivity index (χ2n) is 7.19. The zero-order chi connectivity index (χ0) is 17.3. The Morgan fingerprint density at radius 2 is 1.96 bits per heavy atom. The molecule has 1 atom stereocenters. The standard InChI is InChI=1S/C17H27N5O2/c1-20(2)17-18-14-7-9-22(8-6-13(14)16(24)19-17)11-12-4-5-15(23)21(3)10-12/h12H,4-11H2,1-3H3,(H,18,19,24). The van der Waals surface area contributed by atoms with E-state index in [2.05, 4.69) is 14.9 Å². The summed E-state index contributed by atoms with van der Waals surface area (Å²) in [5, 5.41) is 0. The Morgan fingerprint density at radius 1 is 1.21 bits per heavy atom. The second-order valence-corrected chi connectivity index (χ2v) is 7.19. The van der Waals surface area contributed by atoms with Crippen molar-refractivity contribution in [1.29, 1.82) is 0 Å². The lowest BCUT2D eigenvalue weighted by Crippen LogP contribution is -2.42. The third-order valence-electron chi connectivity index (χ3n) is 5.10. The first kappa shape index (κ1) is 17.0. The van der Waals surface area contributed by atoms with E-state index < -0.39 is 0 Å². The number of nitrogens with zero attached hydrogens (tertiary/aromatic N) is 4. The number of H-pyrrole nitrogens is 1. The smallest absolute Gasteiger partial charge is 0.255 e. The Kier molecular flexibility index (Phi) is 4.89. The summed E-state index contributed by atoms with van der Waals surface area (Å²) in [6, 6.07) is 0. The fourth-order valence-corrected chi connectivity index (χ4v) is 3.65. The van der Waals surface area contributed by atoms with Crippen molar-refractivity contribution in [1.82, 2.24) is 19.8 Å². The van der Waals surface area contributed by atoms with E-state index in [0.29, 0.717) is 18.3 Å². The van der Waals surface area contributed by atoms with Gasteiger partial charge in [-0.15, -0.1) is 0 Å². The van der Waals surface area contributed by atoms with Gasteiger partial charge >= 0.3 is 0 Å². The Morgan fingerprint density at radius 3 is 2.67 bits per heavy atom. The van der Waals surface area contributed by atoms with Crippen molar-refractivity contribution < 1.29 is 4.79 Å². The molecule has 1 aromatic rings. The molecule has 1 unspecified atom stereocenters. The minimum absolute atomic E-state index is 0.00598. The first-order valence-corrected chi connectivity index (χ1v) is 8.69. The maximum atomic E-state index is 12.3. The van der Waals surface area contributed by atoms with Gasteiger partial charge in [0.25, 0.3) is 5.56 Å². The summed E-state index contributed by atoms with van der Waals surface area (Å²) >= 11 is 0. The van der Waals surface area contributed by atoms with Crippen LogP contribution in [0.4, 0.5) is 5.95 Å². The first-order chi connectivity index (χ1) is 11.4. The minimum Gasteiger partial charge on any atom is -0.348 e. The van der Waals surface area contributed by atoms with Crippen LogP contribution in [-0.2, 0) is 17.6 Å². The molecule has 1 amide bonds. The largest absolute Gasteiger partial charge is 0.348 e. The Balaban J connectivity index is 1.66. The molecule has 0 aromatic carbocycles. The highest BCUT2D eigenvalue weighted by Crippen LogP contribution is 2.19. The molecule has 2 aliphatic heterocycles. The van der Waals surface area contributed by atoms with Crippen LogP contribution in [0.2, 0.25) is 0 Å². The number of likely N-dealkylation sites (tertiary alicyclic amines) is 1. The molecule has 0 aliphatic carbocycles. The monoisotopic (exact) mass is 333 g/mol. The van der Waals surface area contributed by atoms with Crippen LogP contribution in [0.5, 0.6) is 0 Å². The fraction of sp³-hybridized carbons (Fsp3) is 0.706. The van der Waals surface area contributed by atoms with Crippen LogP contribution in [0.15, 0.2) is 4.79 Å². The molecule has 2 aliphatic rings. The number of piperidine rings is 1. The summed E-state index contributed by atoms with van der Waals surface area (Å²) in [5.74, 6) is 1.40. The van der Waals surface area contributed by atoms with Crippen LogP contribution in [0.3, 0.4) is 0 Å². The van der Waals surface area contributed by atoms with Gasteiger partial charge in [-0.3, -0.25) is 14.6 Å². The normalized spacial score (nSPS) is 22.2. The van der Waals surface area contributed by atoms with Crippen molar-refractivity contribution in [2.75, 3.05) is 52.2 Å². The average molecular weight is 333 g/mol. The molecule has 7 heteroatoms. The van der Waals surface area contributed by atoms with Gasteiger partial charge in [-0.05, 0) is 18.8 Å². The lowest BCUT2D eigenvalue weighted by Gasteiger charge is -2.33. The van der Waals surface area contributed by atoms with Gasteiger partial charge in [0.1, 0.15) is 0 Å². The van der Waals surface area contributed by atoms with Crippen molar-refractivity contribution in [2.24, 2.45) is 5.92 Å². The first-order valence-electron chi connectivity index (χ1n) is 8.69. The fourth-order valence-electron chi connectivity index (χ4n) is 3.65. The highest BCUT2D eigenvalue weighted by Gasteiger charge is 2.26. The van der Waals surface area contributed by atoms with E-state index in [4.69, 9.17) is 0 Å². The van der Waals surface area contributed by atoms with Gasteiger partial charge in [-0.25, -0.2) is 4.98 Å². The number of carbonyl (C=O) groups excluding carboxylic acids is 1. The summed E-state index contributed by atoms with van der Waals surface area (Å²) < 4.78 is 0. The van der Waals surface area contributed by atoms with Gasteiger partial charge in [-0.1, -0.05) is 0 Å². The molecule has 3 heterocycles. The van der Waals surface area contributed by atoms with Crippen molar-refractivity contribution in [3.05, 3.63) is 21.6 Å². The second kappa shape index (κ2) is 6.93. The summed E-state index contributed by atoms with van der Waals surface area (Å²) in [5.41, 5.74) is 1.76. The van der Waals surface area contributed by atoms with E-state index in [1.54, 1.807) is 0 Å². The number of nitrogens with one attached hydrogen (secondary N) is 1. The average Bonchev–Trinajstić information content (AvgIpc) is 2.74. The lowest BCUT2D eigenvalue weighted by atomic mass is 9.97. The van der Waals surface area contributed by atoms with Gasteiger partial charge in [0.05, 0.1) is 5.69 Å². The number of rotatable bonds is 3. The molecule has 0 spiro atoms. The molecule has 7 nitrogen and oxygen atoms in total. The van der Waals surface area contributed by atoms with Crippen LogP contribution >= 0.6 is 0 Å². The Hall–Kier alpha value is -1.89. The molecule has 0 radical (unpaired) electrons. The van der Waals surface area contributed by atoms with Gasteiger partial charge in [0, 0.05) is 65.7 Å². The van der Waals surface area contributed by atoms with E-state index in [1.807, 2.05) is 30.9 Å². The van der Waals surface area contributed by atoms with Crippen LogP contribution < -0.4 is 10.5 Å². The van der Waals surface area contributed by atoms with Gasteiger partial charge in [0.2, 0.25) is 11.9 Å². The van der Waals surface area contributed by atoms with E-state index in [1.165, 1.54) is 0 Å². The van der Waals surface area contributed by atoms with Gasteiger partial charge in [-0.2, -0.15) is 0 Å². The molecule has 132 valence electrons. The van der Waals surface area contributed by atoms with E-state index in [-0.39, 0.29) is 11.5 Å². The summed E-state index contributed by atoms with van der Waals surface area (Å²) in [6.07, 6.45) is 3.17. The predicted octanol–water partition coefficient (Wildman–Crippen LogP) is 0.105. The molecule has 3 rings (SSSR count). The number of aromatic amines is 1. The molecule has 24 heavy (non-hydrogen) atoms. The quantitative estimate of drug-likeness (QED) is 0.850. The van der Waals surface area contributed by atoms with Gasteiger partial charge in [0.15, 0.2) is 0 Å². The highest BCUT2D eigenvalue weighted by atomic mass is 16.2. The zero-order valence-electron chi connectivity index (χ0n) is 14.8. The Labute approximate surface area is 142 Å². The number of anilines is 1. The SMILES string of the molecule is CN1CC(CN2CCc3nc(N(C)C)[nH]c(=O)c3CC2)CCC1=O. The van der Waals surface area contributed by atoms with E-state index in [0.717, 1.165) is 56.7 Å². The zero-order valence-corrected chi connectivity index (χ0v) is 14.8. The number of aromatic nitrogens is 2. The maximum absolute atomic E-state index is 12.3. The van der Waals surface area contributed by atoms with E-state index >= 15 is 0 Å². The molecular weight excluding hydrogens is 306 g/mol.